The van der Waals surface area contributed by atoms with E-state index in [2.05, 4.69) is 54.1 Å². The highest BCUT2D eigenvalue weighted by Gasteiger charge is 2.55. The number of nitrogens with zero attached hydrogens (tertiary/aromatic N) is 4. The van der Waals surface area contributed by atoms with Gasteiger partial charge in [0.05, 0.1) is 47.5 Å². The van der Waals surface area contributed by atoms with Crippen molar-refractivity contribution in [2.45, 2.75) is 67.5 Å². The first-order chi connectivity index (χ1) is 29.1. The maximum Gasteiger partial charge on any atom is 0.293 e. The van der Waals surface area contributed by atoms with Crippen molar-refractivity contribution in [3.05, 3.63) is 112 Å². The van der Waals surface area contributed by atoms with Crippen molar-refractivity contribution in [1.82, 2.24) is 19.6 Å². The average molecular weight is 834 g/mol. The molecule has 5 fully saturated rings. The van der Waals surface area contributed by atoms with E-state index in [0.717, 1.165) is 55.5 Å². The lowest BCUT2D eigenvalue weighted by Gasteiger charge is -2.62. The van der Waals surface area contributed by atoms with Gasteiger partial charge in [0.15, 0.2) is 0 Å². The number of benzene rings is 3. The van der Waals surface area contributed by atoms with Crippen LogP contribution in [0.4, 0.5) is 17.1 Å². The van der Waals surface area contributed by atoms with E-state index in [-0.39, 0.29) is 35.1 Å². The molecule has 0 unspecified atom stereocenters. The molecule has 5 aromatic rings. The van der Waals surface area contributed by atoms with Gasteiger partial charge in [-0.15, -0.1) is 0 Å². The van der Waals surface area contributed by atoms with Crippen LogP contribution in [0.15, 0.2) is 90.1 Å². The number of H-pyrrole nitrogens is 1. The minimum Gasteiger partial charge on any atom is -0.455 e. The summed E-state index contributed by atoms with van der Waals surface area (Å²) in [6.07, 6.45) is 10.3. The minimum absolute atomic E-state index is 0.0236. The van der Waals surface area contributed by atoms with Crippen molar-refractivity contribution in [2.24, 2.45) is 5.41 Å². The summed E-state index contributed by atoms with van der Waals surface area (Å²) in [5, 5.41) is 15.8. The van der Waals surface area contributed by atoms with E-state index in [9.17, 15) is 23.3 Å². The number of aromatic nitrogens is 2. The molecule has 5 aliphatic rings. The van der Waals surface area contributed by atoms with Gasteiger partial charge < -0.3 is 29.4 Å². The zero-order valence-electron chi connectivity index (χ0n) is 33.0. The molecular weight excluding hydrogens is 787 g/mol. The average Bonchev–Trinajstić information content (AvgIpc) is 3.77. The molecule has 3 saturated heterocycles. The van der Waals surface area contributed by atoms with Crippen molar-refractivity contribution in [3.8, 4) is 11.5 Å². The highest BCUT2D eigenvalue weighted by Crippen LogP contribution is 2.55. The number of nitro benzene ring substituents is 1. The number of sulfonamides is 1. The molecule has 1 spiro atoms. The Kier molecular flexibility index (Phi) is 9.97. The fourth-order valence-electron chi connectivity index (χ4n) is 9.69. The van der Waals surface area contributed by atoms with E-state index in [0.29, 0.717) is 43.3 Å². The molecule has 2 atom stereocenters. The van der Waals surface area contributed by atoms with Crippen LogP contribution in [0.1, 0.15) is 72.0 Å². The Hall–Kier alpha value is -5.55. The number of pyridine rings is 1. The maximum atomic E-state index is 13.9. The van der Waals surface area contributed by atoms with Crippen LogP contribution in [-0.4, -0.2) is 92.3 Å². The molecule has 0 radical (unpaired) electrons. The van der Waals surface area contributed by atoms with Gasteiger partial charge in [-0.1, -0.05) is 24.3 Å². The Morgan fingerprint density at radius 3 is 2.63 bits per heavy atom. The van der Waals surface area contributed by atoms with Gasteiger partial charge in [-0.2, -0.15) is 0 Å². The first-order valence-corrected chi connectivity index (χ1v) is 22.2. The molecular formula is C44H47N7O8S. The zero-order valence-corrected chi connectivity index (χ0v) is 33.9. The summed E-state index contributed by atoms with van der Waals surface area (Å²) in [6.45, 7) is 4.34. The van der Waals surface area contributed by atoms with Crippen molar-refractivity contribution in [1.29, 1.82) is 0 Å². The molecule has 3 aromatic carbocycles. The molecule has 10 rings (SSSR count). The Bertz CT molecular complexity index is 2560. The van der Waals surface area contributed by atoms with Crippen LogP contribution in [0.5, 0.6) is 11.5 Å². The van der Waals surface area contributed by atoms with E-state index in [1.54, 1.807) is 30.0 Å². The van der Waals surface area contributed by atoms with Gasteiger partial charge in [-0.05, 0) is 98.5 Å². The molecule has 15 nitrogen and oxygen atoms in total. The minimum atomic E-state index is -4.56. The second kappa shape index (κ2) is 15.5. The van der Waals surface area contributed by atoms with Crippen LogP contribution < -0.4 is 19.7 Å². The summed E-state index contributed by atoms with van der Waals surface area (Å²) in [7, 11) is -4.56. The lowest BCUT2D eigenvalue weighted by atomic mass is 9.60. The number of hydrogen-bond acceptors (Lipinski definition) is 12. The summed E-state index contributed by atoms with van der Waals surface area (Å²) in [6, 6.07) is 22.4. The number of likely N-dealkylation sites (tertiary alicyclic amines) is 1. The largest absolute Gasteiger partial charge is 0.455 e. The van der Waals surface area contributed by atoms with E-state index in [4.69, 9.17) is 14.2 Å². The number of anilines is 2. The number of rotatable bonds is 13. The van der Waals surface area contributed by atoms with E-state index in [1.807, 2.05) is 12.1 Å². The lowest BCUT2D eigenvalue weighted by Crippen LogP contribution is -2.66. The van der Waals surface area contributed by atoms with E-state index in [1.165, 1.54) is 49.6 Å². The molecule has 2 aromatic heterocycles. The summed E-state index contributed by atoms with van der Waals surface area (Å²) in [5.41, 5.74) is 4.47. The standard InChI is InChI=1S/C44H47N7O8S/c52-43(48-60(55,56)34-10-12-38(40(20-34)51(53)54)46-24-33-25-57-16-17-58-33)37-11-9-30(19-41(37)59-32-18-29-13-14-45-42(29)47-23-32)49-26-44(27-49)21-31(22-44)50-15-3-6-39(50)36-5-2-1-4-35(36)28-7-8-28/h1-2,4-5,9-14,18-20,23,28,31,33,39,46H,3,6-8,15-17,21-22,24-27H2,(H,45,47)(H,48,52)/t33-,39+/m1/s1. The maximum absolute atomic E-state index is 13.9. The van der Waals surface area contributed by atoms with E-state index < -0.39 is 31.4 Å². The van der Waals surface area contributed by atoms with Crippen LogP contribution >= 0.6 is 0 Å². The first kappa shape index (κ1) is 38.6. The predicted octanol–water partition coefficient (Wildman–Crippen LogP) is 6.89. The van der Waals surface area contributed by atoms with Crippen molar-refractivity contribution >= 4 is 44.0 Å². The summed E-state index contributed by atoms with van der Waals surface area (Å²) < 4.78 is 46.7. The Labute approximate surface area is 347 Å². The quantitative estimate of drug-likeness (QED) is 0.0827. The number of nitrogens with one attached hydrogen (secondary N) is 3. The van der Waals surface area contributed by atoms with Gasteiger partial charge in [0, 0.05) is 66.5 Å². The SMILES string of the molecule is O=C(NS(=O)(=O)c1ccc(NC[C@@H]2COCCO2)c([N+](=O)[O-])c1)c1ccc(N2CC3(CC(N4CCC[C@H]4c4ccccc4C4CC4)C3)C2)cc1Oc1cnc2[nH]ccc2c1. The normalized spacial score (nSPS) is 21.7. The monoisotopic (exact) mass is 833 g/mol. The predicted molar refractivity (Wildman–Crippen MR) is 224 cm³/mol. The third kappa shape index (κ3) is 7.57. The van der Waals surface area contributed by atoms with Crippen LogP contribution in [0, 0.1) is 15.5 Å². The van der Waals surface area contributed by atoms with Crippen molar-refractivity contribution < 1.29 is 32.3 Å². The fraction of sp³-hybridized carbons (Fsp3) is 0.409. The second-order valence-corrected chi connectivity index (χ2v) is 18.6. The zero-order chi connectivity index (χ0) is 41.0. The van der Waals surface area contributed by atoms with Gasteiger partial charge in [-0.3, -0.25) is 19.8 Å². The number of carbonyl (C=O) groups excluding carboxylic acids is 1. The van der Waals surface area contributed by atoms with Crippen LogP contribution in [0.2, 0.25) is 0 Å². The number of amides is 1. The van der Waals surface area contributed by atoms with Gasteiger partial charge in [0.1, 0.15) is 22.8 Å². The number of ether oxygens (including phenoxy) is 3. The summed E-state index contributed by atoms with van der Waals surface area (Å²) in [4.78, 5) is 37.3. The molecule has 5 heterocycles. The van der Waals surface area contributed by atoms with E-state index >= 15 is 0 Å². The van der Waals surface area contributed by atoms with Gasteiger partial charge in [0.25, 0.3) is 21.6 Å². The molecule has 1 amide bonds. The molecule has 3 N–H and O–H groups in total. The fourth-order valence-corrected chi connectivity index (χ4v) is 10.7. The Morgan fingerprint density at radius 1 is 1.02 bits per heavy atom. The van der Waals surface area contributed by atoms with Gasteiger partial charge in [-0.25, -0.2) is 18.1 Å². The second-order valence-electron chi connectivity index (χ2n) is 16.9. The Morgan fingerprint density at radius 2 is 1.85 bits per heavy atom. The highest BCUT2D eigenvalue weighted by atomic mass is 32.2. The molecule has 2 saturated carbocycles. The smallest absolute Gasteiger partial charge is 0.293 e. The number of nitro groups is 1. The number of aromatic amines is 1. The highest BCUT2D eigenvalue weighted by molar-refractivity contribution is 7.90. The number of hydrogen-bond donors (Lipinski definition) is 3. The first-order valence-electron chi connectivity index (χ1n) is 20.7. The molecule has 16 heteroatoms. The van der Waals surface area contributed by atoms with Gasteiger partial charge in [0.2, 0.25) is 0 Å². The lowest BCUT2D eigenvalue weighted by molar-refractivity contribution is -0.384. The number of fused-ring (bicyclic) bond motifs is 1. The van der Waals surface area contributed by atoms with Gasteiger partial charge >= 0.3 is 0 Å². The molecule has 0 bridgehead atoms. The molecule has 312 valence electrons. The molecule has 3 aliphatic heterocycles. The molecule has 2 aliphatic carbocycles. The molecule has 60 heavy (non-hydrogen) atoms. The van der Waals surface area contributed by atoms with Crippen LogP contribution in [-0.2, 0) is 19.5 Å². The van der Waals surface area contributed by atoms with Crippen LogP contribution in [0.25, 0.3) is 11.0 Å². The third-order valence-corrected chi connectivity index (χ3v) is 14.1. The summed E-state index contributed by atoms with van der Waals surface area (Å²) in [5.74, 6) is 0.299. The Balaban J connectivity index is 0.850. The number of carbonyl (C=O) groups is 1. The van der Waals surface area contributed by atoms with Crippen molar-refractivity contribution in [2.75, 3.05) is 56.2 Å². The third-order valence-electron chi connectivity index (χ3n) is 12.8. The van der Waals surface area contributed by atoms with Crippen LogP contribution in [0.3, 0.4) is 0 Å². The van der Waals surface area contributed by atoms with Crippen molar-refractivity contribution in [3.63, 3.8) is 0 Å². The summed E-state index contributed by atoms with van der Waals surface area (Å²) >= 11 is 0. The topological polar surface area (TPSA) is 181 Å².